The minimum Gasteiger partial charge on any atom is -0.504 e. The van der Waals surface area contributed by atoms with Gasteiger partial charge in [-0.05, 0) is 18.3 Å². The van der Waals surface area contributed by atoms with Gasteiger partial charge >= 0.3 is 0 Å². The summed E-state index contributed by atoms with van der Waals surface area (Å²) in [6.45, 7) is 0. The number of phenolic OH excluding ortho intramolecular Hbond substituents is 1. The zero-order valence-corrected chi connectivity index (χ0v) is 9.21. The molecule has 0 atom stereocenters. The Morgan fingerprint density at radius 3 is 2.94 bits per heavy atom. The third kappa shape index (κ3) is 3.06. The Balaban J connectivity index is 2.99. The summed E-state index contributed by atoms with van der Waals surface area (Å²) in [7, 11) is 1.32. The number of benzene rings is 1. The maximum atomic E-state index is 13.1. The smallest absolute Gasteiger partial charge is 0.184 e. The van der Waals surface area contributed by atoms with Crippen molar-refractivity contribution in [2.45, 2.75) is 0 Å². The van der Waals surface area contributed by atoms with Crippen molar-refractivity contribution >= 4 is 23.5 Å². The third-order valence-electron chi connectivity index (χ3n) is 1.67. The number of ether oxygens (including phenoxy) is 1. The van der Waals surface area contributed by atoms with Gasteiger partial charge < -0.3 is 15.6 Å². The van der Waals surface area contributed by atoms with Crippen LogP contribution in [0.2, 0.25) is 0 Å². The van der Waals surface area contributed by atoms with Crippen LogP contribution in [0.3, 0.4) is 0 Å². The zero-order chi connectivity index (χ0) is 12.1. The van der Waals surface area contributed by atoms with Crippen LogP contribution in [0.5, 0.6) is 11.5 Å². The molecule has 0 saturated carbocycles. The van der Waals surface area contributed by atoms with Gasteiger partial charge in [0, 0.05) is 11.6 Å². The van der Waals surface area contributed by atoms with E-state index in [-0.39, 0.29) is 22.2 Å². The highest BCUT2D eigenvalue weighted by molar-refractivity contribution is 7.80. The van der Waals surface area contributed by atoms with E-state index in [9.17, 15) is 9.50 Å². The van der Waals surface area contributed by atoms with Crippen LogP contribution in [-0.2, 0) is 0 Å². The quantitative estimate of drug-likeness (QED) is 0.414. The third-order valence-corrected chi connectivity index (χ3v) is 1.76. The van der Waals surface area contributed by atoms with E-state index in [2.05, 4.69) is 22.7 Å². The molecule has 0 radical (unpaired) electrons. The van der Waals surface area contributed by atoms with Crippen LogP contribution in [0.4, 0.5) is 4.39 Å². The summed E-state index contributed by atoms with van der Waals surface area (Å²) in [5.41, 5.74) is 7.56. The van der Waals surface area contributed by atoms with Gasteiger partial charge in [-0.25, -0.2) is 4.39 Å². The van der Waals surface area contributed by atoms with Crippen molar-refractivity contribution in [1.29, 1.82) is 0 Å². The fraction of sp³-hybridized carbons (Fsp3) is 0.111. The monoisotopic (exact) mass is 243 g/mol. The standard InChI is InChI=1S/C9H10FN3O2S/c1-15-7-3-6(10)2-5(8(7)14)4-12-13-9(11)16/h2-4,14H,1H3,(H3,11,13,16). The molecule has 1 rings (SSSR count). The molecule has 0 amide bonds. The van der Waals surface area contributed by atoms with Gasteiger partial charge in [0.25, 0.3) is 0 Å². The Labute approximate surface area is 96.7 Å². The highest BCUT2D eigenvalue weighted by Gasteiger charge is 2.08. The molecular weight excluding hydrogens is 233 g/mol. The van der Waals surface area contributed by atoms with E-state index >= 15 is 0 Å². The first-order valence-electron chi connectivity index (χ1n) is 4.19. The summed E-state index contributed by atoms with van der Waals surface area (Å²) in [6, 6.07) is 2.16. The fourth-order valence-electron chi connectivity index (χ4n) is 1.01. The zero-order valence-electron chi connectivity index (χ0n) is 8.40. The molecule has 0 fully saturated rings. The van der Waals surface area contributed by atoms with E-state index in [4.69, 9.17) is 10.5 Å². The van der Waals surface area contributed by atoms with E-state index in [1.807, 2.05) is 0 Å². The molecule has 0 aromatic heterocycles. The van der Waals surface area contributed by atoms with Crippen LogP contribution in [0.1, 0.15) is 5.56 Å². The molecule has 5 nitrogen and oxygen atoms in total. The van der Waals surface area contributed by atoms with Crippen molar-refractivity contribution in [2.75, 3.05) is 7.11 Å². The molecule has 16 heavy (non-hydrogen) atoms. The fourth-order valence-corrected chi connectivity index (χ4v) is 1.07. The number of hydrogen-bond donors (Lipinski definition) is 3. The number of thiocarbonyl (C=S) groups is 1. The predicted octanol–water partition coefficient (Wildman–Crippen LogP) is 0.707. The van der Waals surface area contributed by atoms with Crippen LogP contribution in [-0.4, -0.2) is 23.5 Å². The molecule has 0 heterocycles. The average Bonchev–Trinajstić information content (AvgIpc) is 2.22. The highest BCUT2D eigenvalue weighted by atomic mass is 32.1. The number of hydrazone groups is 1. The maximum Gasteiger partial charge on any atom is 0.184 e. The Hall–Kier alpha value is -1.89. The van der Waals surface area contributed by atoms with Crippen LogP contribution < -0.4 is 15.9 Å². The largest absolute Gasteiger partial charge is 0.504 e. The number of aromatic hydroxyl groups is 1. The molecule has 0 unspecified atom stereocenters. The molecule has 0 aliphatic carbocycles. The Morgan fingerprint density at radius 2 is 2.38 bits per heavy atom. The first kappa shape index (κ1) is 12.2. The van der Waals surface area contributed by atoms with Crippen molar-refractivity contribution in [1.82, 2.24) is 5.43 Å². The van der Waals surface area contributed by atoms with Crippen LogP contribution in [0.15, 0.2) is 17.2 Å². The minimum atomic E-state index is -0.550. The van der Waals surface area contributed by atoms with Gasteiger partial charge in [0.1, 0.15) is 5.82 Å². The molecule has 0 aliphatic heterocycles. The van der Waals surface area contributed by atoms with Crippen molar-refractivity contribution in [3.05, 3.63) is 23.5 Å². The lowest BCUT2D eigenvalue weighted by molar-refractivity contribution is 0.370. The maximum absolute atomic E-state index is 13.1. The number of nitrogens with two attached hydrogens (primary N) is 1. The molecule has 0 saturated heterocycles. The lowest BCUT2D eigenvalue weighted by atomic mass is 10.2. The first-order chi connectivity index (χ1) is 7.54. The molecule has 7 heteroatoms. The number of hydrogen-bond acceptors (Lipinski definition) is 4. The molecule has 1 aromatic rings. The Kier molecular flexibility index (Phi) is 4.01. The molecule has 1 aromatic carbocycles. The summed E-state index contributed by atoms with van der Waals surface area (Å²) in [5, 5.41) is 13.2. The van der Waals surface area contributed by atoms with Crippen molar-refractivity contribution < 1.29 is 14.2 Å². The van der Waals surface area contributed by atoms with Gasteiger partial charge in [-0.2, -0.15) is 5.10 Å². The second kappa shape index (κ2) is 5.26. The molecular formula is C9H10FN3O2S. The molecule has 0 spiro atoms. The van der Waals surface area contributed by atoms with E-state index in [1.54, 1.807) is 0 Å². The molecule has 4 N–H and O–H groups in total. The predicted molar refractivity (Wildman–Crippen MR) is 62.1 cm³/mol. The van der Waals surface area contributed by atoms with E-state index in [0.717, 1.165) is 12.1 Å². The number of rotatable bonds is 3. The summed E-state index contributed by atoms with van der Waals surface area (Å²) >= 11 is 4.51. The van der Waals surface area contributed by atoms with Crippen LogP contribution in [0, 0.1) is 5.82 Å². The summed E-state index contributed by atoms with van der Waals surface area (Å²) in [5.74, 6) is -0.736. The SMILES string of the molecule is COc1cc(F)cc(C=NNC(N)=S)c1O. The summed E-state index contributed by atoms with van der Waals surface area (Å²) in [4.78, 5) is 0. The Bertz CT molecular complexity index is 437. The number of methoxy groups -OCH3 is 1. The van der Waals surface area contributed by atoms with Gasteiger partial charge in [-0.15, -0.1) is 0 Å². The number of nitrogens with one attached hydrogen (secondary N) is 1. The van der Waals surface area contributed by atoms with E-state index in [0.29, 0.717) is 0 Å². The van der Waals surface area contributed by atoms with Gasteiger partial charge in [-0.1, -0.05) is 0 Å². The lowest BCUT2D eigenvalue weighted by Gasteiger charge is -2.05. The average molecular weight is 243 g/mol. The number of phenols is 1. The normalized spacial score (nSPS) is 10.4. The molecule has 0 bridgehead atoms. The van der Waals surface area contributed by atoms with Crippen molar-refractivity contribution in [2.24, 2.45) is 10.8 Å². The molecule has 86 valence electrons. The van der Waals surface area contributed by atoms with Gasteiger partial charge in [0.05, 0.1) is 13.3 Å². The van der Waals surface area contributed by atoms with Gasteiger partial charge in [-0.3, -0.25) is 5.43 Å². The van der Waals surface area contributed by atoms with Gasteiger partial charge in [0.2, 0.25) is 0 Å². The van der Waals surface area contributed by atoms with Crippen LogP contribution in [0.25, 0.3) is 0 Å². The lowest BCUT2D eigenvalue weighted by Crippen LogP contribution is -2.24. The second-order valence-corrected chi connectivity index (χ2v) is 3.22. The minimum absolute atomic E-state index is 0.0248. The highest BCUT2D eigenvalue weighted by Crippen LogP contribution is 2.29. The Morgan fingerprint density at radius 1 is 1.69 bits per heavy atom. The second-order valence-electron chi connectivity index (χ2n) is 2.78. The number of halogens is 1. The summed E-state index contributed by atoms with van der Waals surface area (Å²) in [6.07, 6.45) is 1.18. The topological polar surface area (TPSA) is 79.9 Å². The summed E-state index contributed by atoms with van der Waals surface area (Å²) < 4.78 is 17.8. The van der Waals surface area contributed by atoms with Gasteiger partial charge in [0.15, 0.2) is 16.6 Å². The van der Waals surface area contributed by atoms with E-state index in [1.165, 1.54) is 13.3 Å². The number of nitrogens with zero attached hydrogens (tertiary/aromatic N) is 1. The molecule has 0 aliphatic rings. The van der Waals surface area contributed by atoms with Crippen molar-refractivity contribution in [3.8, 4) is 11.5 Å². The van der Waals surface area contributed by atoms with Crippen molar-refractivity contribution in [3.63, 3.8) is 0 Å². The van der Waals surface area contributed by atoms with E-state index < -0.39 is 5.82 Å². The van der Waals surface area contributed by atoms with Crippen LogP contribution >= 0.6 is 12.2 Å². The first-order valence-corrected chi connectivity index (χ1v) is 4.60.